The fourth-order valence-electron chi connectivity index (χ4n) is 4.25. The Hall–Kier alpha value is -3.50. The van der Waals surface area contributed by atoms with Crippen molar-refractivity contribution in [3.8, 4) is 0 Å². The summed E-state index contributed by atoms with van der Waals surface area (Å²) in [6, 6.07) is 15.6. The van der Waals surface area contributed by atoms with Gasteiger partial charge >= 0.3 is 0 Å². The first kappa shape index (κ1) is 24.2. The molecular formula is C26H29BrN8O. The molecule has 0 atom stereocenters. The molecule has 1 saturated heterocycles. The molecule has 1 fully saturated rings. The molecule has 9 nitrogen and oxygen atoms in total. The summed E-state index contributed by atoms with van der Waals surface area (Å²) in [6.07, 6.45) is 1.68. The van der Waals surface area contributed by atoms with E-state index < -0.39 is 0 Å². The lowest BCUT2D eigenvalue weighted by Crippen LogP contribution is -2.44. The molecule has 0 bridgehead atoms. The minimum Gasteiger partial charge on any atom is -0.369 e. The standard InChI is InChI=1S/C26H29BrN8O/c1-17(2)35-23-22(30-26(35)32-24(36)18-4-6-19(27)7-5-18)16-28-25(31-23)29-20-8-10-21(11-9-20)34-14-12-33(3)13-15-34/h4-11,16-17H,12-15H2,1-3H3,(H,28,29,31)(H,30,32,36). The number of hydrogen-bond donors (Lipinski definition) is 2. The maximum Gasteiger partial charge on any atom is 0.257 e. The highest BCUT2D eigenvalue weighted by Gasteiger charge is 2.19. The third-order valence-corrected chi connectivity index (χ3v) is 6.80. The van der Waals surface area contributed by atoms with Gasteiger partial charge in [-0.2, -0.15) is 4.98 Å². The van der Waals surface area contributed by atoms with Gasteiger partial charge in [0, 0.05) is 53.6 Å². The van der Waals surface area contributed by atoms with E-state index in [0.29, 0.717) is 28.6 Å². The van der Waals surface area contributed by atoms with E-state index in [-0.39, 0.29) is 11.9 Å². The third kappa shape index (κ3) is 5.19. The highest BCUT2D eigenvalue weighted by Crippen LogP contribution is 2.26. The number of halogens is 1. The van der Waals surface area contributed by atoms with Crippen LogP contribution in [0.4, 0.5) is 23.3 Å². The zero-order valence-electron chi connectivity index (χ0n) is 20.6. The molecule has 2 N–H and O–H groups in total. The van der Waals surface area contributed by atoms with Gasteiger partial charge < -0.3 is 15.1 Å². The number of amides is 1. The second-order valence-corrected chi connectivity index (χ2v) is 10.1. The molecule has 1 amide bonds. The predicted octanol–water partition coefficient (Wildman–Crippen LogP) is 4.92. The Bertz CT molecular complexity index is 1360. The molecule has 0 spiro atoms. The normalized spacial score (nSPS) is 14.4. The van der Waals surface area contributed by atoms with Gasteiger partial charge in [0.2, 0.25) is 11.9 Å². The minimum atomic E-state index is -0.230. The number of piperazine rings is 1. The van der Waals surface area contributed by atoms with Gasteiger partial charge in [0.05, 0.1) is 6.20 Å². The Labute approximate surface area is 218 Å². The Morgan fingerprint density at radius 1 is 0.972 bits per heavy atom. The van der Waals surface area contributed by atoms with Crippen molar-refractivity contribution in [3.05, 3.63) is 64.8 Å². The fraction of sp³-hybridized carbons (Fsp3) is 0.308. The summed E-state index contributed by atoms with van der Waals surface area (Å²) in [6.45, 7) is 8.27. The zero-order valence-corrected chi connectivity index (χ0v) is 22.2. The maximum atomic E-state index is 12.8. The van der Waals surface area contributed by atoms with E-state index in [2.05, 4.69) is 65.5 Å². The van der Waals surface area contributed by atoms with Crippen LogP contribution >= 0.6 is 15.9 Å². The number of imidazole rings is 1. The van der Waals surface area contributed by atoms with Crippen LogP contribution in [0.2, 0.25) is 0 Å². The number of benzene rings is 2. The van der Waals surface area contributed by atoms with Crippen molar-refractivity contribution in [1.82, 2.24) is 24.4 Å². The average Bonchev–Trinajstić information content (AvgIpc) is 3.22. The molecule has 10 heteroatoms. The summed E-state index contributed by atoms with van der Waals surface area (Å²) in [4.78, 5) is 31.3. The largest absolute Gasteiger partial charge is 0.369 e. The molecule has 0 saturated carbocycles. The Kier molecular flexibility index (Phi) is 6.88. The Morgan fingerprint density at radius 3 is 2.33 bits per heavy atom. The lowest BCUT2D eigenvalue weighted by Gasteiger charge is -2.34. The first-order chi connectivity index (χ1) is 17.4. The minimum absolute atomic E-state index is 0.0286. The molecule has 2 aromatic carbocycles. The van der Waals surface area contributed by atoms with Crippen LogP contribution in [0.25, 0.3) is 11.2 Å². The molecule has 0 aliphatic carbocycles. The molecule has 3 heterocycles. The van der Waals surface area contributed by atoms with Crippen molar-refractivity contribution >= 4 is 56.3 Å². The van der Waals surface area contributed by atoms with E-state index in [1.165, 1.54) is 5.69 Å². The van der Waals surface area contributed by atoms with Crippen LogP contribution in [0.5, 0.6) is 0 Å². The first-order valence-electron chi connectivity index (χ1n) is 12.0. The monoisotopic (exact) mass is 548 g/mol. The van der Waals surface area contributed by atoms with E-state index in [0.717, 1.165) is 36.3 Å². The third-order valence-electron chi connectivity index (χ3n) is 6.27. The fourth-order valence-corrected chi connectivity index (χ4v) is 4.52. The van der Waals surface area contributed by atoms with Gasteiger partial charge in [0.1, 0.15) is 5.52 Å². The maximum absolute atomic E-state index is 12.8. The topological polar surface area (TPSA) is 91.2 Å². The highest BCUT2D eigenvalue weighted by molar-refractivity contribution is 9.10. The van der Waals surface area contributed by atoms with E-state index >= 15 is 0 Å². The summed E-state index contributed by atoms with van der Waals surface area (Å²) in [5.74, 6) is 0.685. The molecule has 1 aliphatic heterocycles. The van der Waals surface area contributed by atoms with Crippen LogP contribution in [-0.4, -0.2) is 63.6 Å². The number of nitrogens with one attached hydrogen (secondary N) is 2. The molecule has 36 heavy (non-hydrogen) atoms. The van der Waals surface area contributed by atoms with Crippen molar-refractivity contribution in [2.45, 2.75) is 19.9 Å². The van der Waals surface area contributed by atoms with Crippen LogP contribution in [0.1, 0.15) is 30.2 Å². The summed E-state index contributed by atoms with van der Waals surface area (Å²) in [7, 11) is 2.16. The van der Waals surface area contributed by atoms with Crippen molar-refractivity contribution in [2.24, 2.45) is 0 Å². The van der Waals surface area contributed by atoms with E-state index in [9.17, 15) is 4.79 Å². The quantitative estimate of drug-likeness (QED) is 0.353. The van der Waals surface area contributed by atoms with Gasteiger partial charge in [0.25, 0.3) is 5.91 Å². The molecule has 186 valence electrons. The Balaban J connectivity index is 1.35. The van der Waals surface area contributed by atoms with Gasteiger partial charge in [-0.1, -0.05) is 15.9 Å². The lowest BCUT2D eigenvalue weighted by molar-refractivity contribution is 0.102. The molecular weight excluding hydrogens is 520 g/mol. The van der Waals surface area contributed by atoms with Crippen LogP contribution in [0.3, 0.4) is 0 Å². The van der Waals surface area contributed by atoms with E-state index in [1.807, 2.05) is 42.7 Å². The number of carbonyl (C=O) groups excluding carboxylic acids is 1. The number of carbonyl (C=O) groups is 1. The van der Waals surface area contributed by atoms with Gasteiger partial charge in [-0.05, 0) is 69.4 Å². The molecule has 5 rings (SSSR count). The van der Waals surface area contributed by atoms with E-state index in [4.69, 9.17) is 4.98 Å². The molecule has 2 aromatic heterocycles. The predicted molar refractivity (Wildman–Crippen MR) is 147 cm³/mol. The van der Waals surface area contributed by atoms with Crippen LogP contribution in [0, 0.1) is 0 Å². The molecule has 4 aromatic rings. The summed E-state index contributed by atoms with van der Waals surface area (Å²) in [5.41, 5.74) is 3.95. The van der Waals surface area contributed by atoms with Crippen LogP contribution in [-0.2, 0) is 0 Å². The van der Waals surface area contributed by atoms with Crippen LogP contribution < -0.4 is 15.5 Å². The van der Waals surface area contributed by atoms with Crippen molar-refractivity contribution in [2.75, 3.05) is 48.8 Å². The van der Waals surface area contributed by atoms with Gasteiger partial charge in [0.15, 0.2) is 5.65 Å². The number of rotatable bonds is 6. The SMILES string of the molecule is CC(C)n1c(NC(=O)c2ccc(Br)cc2)nc2cnc(Nc3ccc(N4CCN(C)CC4)cc3)nc21. The number of fused-ring (bicyclic) bond motifs is 1. The summed E-state index contributed by atoms with van der Waals surface area (Å²) >= 11 is 3.40. The lowest BCUT2D eigenvalue weighted by atomic mass is 10.2. The summed E-state index contributed by atoms with van der Waals surface area (Å²) in [5, 5.41) is 6.23. The number of anilines is 4. The molecule has 1 aliphatic rings. The van der Waals surface area contributed by atoms with Crippen molar-refractivity contribution in [3.63, 3.8) is 0 Å². The number of aromatic nitrogens is 4. The second-order valence-electron chi connectivity index (χ2n) is 9.22. The molecule has 0 unspecified atom stereocenters. The first-order valence-corrected chi connectivity index (χ1v) is 12.8. The van der Waals surface area contributed by atoms with Gasteiger partial charge in [-0.15, -0.1) is 0 Å². The second kappa shape index (κ2) is 10.2. The smallest absolute Gasteiger partial charge is 0.257 e. The van der Waals surface area contributed by atoms with Crippen LogP contribution in [0.15, 0.2) is 59.2 Å². The average molecular weight is 549 g/mol. The number of hydrogen-bond acceptors (Lipinski definition) is 7. The summed E-state index contributed by atoms with van der Waals surface area (Å²) < 4.78 is 2.83. The molecule has 0 radical (unpaired) electrons. The van der Waals surface area contributed by atoms with Gasteiger partial charge in [-0.25, -0.2) is 9.97 Å². The van der Waals surface area contributed by atoms with Crippen molar-refractivity contribution in [1.29, 1.82) is 0 Å². The van der Waals surface area contributed by atoms with Crippen molar-refractivity contribution < 1.29 is 4.79 Å². The number of likely N-dealkylation sites (N-methyl/N-ethyl adjacent to an activating group) is 1. The Morgan fingerprint density at radius 2 is 1.67 bits per heavy atom. The highest BCUT2D eigenvalue weighted by atomic mass is 79.9. The number of nitrogens with zero attached hydrogens (tertiary/aromatic N) is 6. The zero-order chi connectivity index (χ0) is 25.2. The van der Waals surface area contributed by atoms with Gasteiger partial charge in [-0.3, -0.25) is 14.7 Å². The van der Waals surface area contributed by atoms with E-state index in [1.54, 1.807) is 18.3 Å².